The Morgan fingerprint density at radius 1 is 1.07 bits per heavy atom. The second-order valence-corrected chi connectivity index (χ2v) is 7.11. The standard InChI is InChI=1S/C22H20ClN5O2/c1-28-22(11-19(27-28)18-4-2-3-9-25-18)30-21-10-15(23)6-7-16(21)17-8-5-14(13-26-17)20(29)12-24/h2-11,13,20,29H,12,24H2,1H3/t20-/m1/s1. The normalized spacial score (nSPS) is 12.0. The number of halogens is 1. The first-order valence-electron chi connectivity index (χ1n) is 9.32. The van der Waals surface area contributed by atoms with Crippen molar-refractivity contribution in [3.63, 3.8) is 0 Å². The summed E-state index contributed by atoms with van der Waals surface area (Å²) in [6.45, 7) is 0.134. The molecular weight excluding hydrogens is 402 g/mol. The predicted octanol–water partition coefficient (Wildman–Crippen LogP) is 3.98. The minimum atomic E-state index is -0.744. The molecule has 0 radical (unpaired) electrons. The molecule has 0 saturated carbocycles. The molecular formula is C22H20ClN5O2. The predicted molar refractivity (Wildman–Crippen MR) is 115 cm³/mol. The van der Waals surface area contributed by atoms with Gasteiger partial charge in [-0.3, -0.25) is 9.97 Å². The fraction of sp³-hybridized carbons (Fsp3) is 0.136. The quantitative estimate of drug-likeness (QED) is 0.488. The van der Waals surface area contributed by atoms with Gasteiger partial charge in [-0.15, -0.1) is 0 Å². The van der Waals surface area contributed by atoms with E-state index in [1.54, 1.807) is 42.3 Å². The zero-order valence-corrected chi connectivity index (χ0v) is 17.0. The molecule has 0 unspecified atom stereocenters. The zero-order chi connectivity index (χ0) is 21.1. The van der Waals surface area contributed by atoms with Gasteiger partial charge < -0.3 is 15.6 Å². The summed E-state index contributed by atoms with van der Waals surface area (Å²) >= 11 is 6.22. The highest BCUT2D eigenvalue weighted by Crippen LogP contribution is 2.35. The molecule has 0 fully saturated rings. The van der Waals surface area contributed by atoms with E-state index in [4.69, 9.17) is 22.1 Å². The van der Waals surface area contributed by atoms with Crippen molar-refractivity contribution in [3.8, 4) is 34.3 Å². The van der Waals surface area contributed by atoms with Gasteiger partial charge in [-0.1, -0.05) is 23.7 Å². The number of rotatable bonds is 6. The van der Waals surface area contributed by atoms with Gasteiger partial charge in [-0.05, 0) is 30.3 Å². The molecule has 152 valence electrons. The van der Waals surface area contributed by atoms with E-state index >= 15 is 0 Å². The molecule has 3 N–H and O–H groups in total. The van der Waals surface area contributed by atoms with Crippen LogP contribution in [0.3, 0.4) is 0 Å². The van der Waals surface area contributed by atoms with E-state index in [1.807, 2.05) is 36.4 Å². The zero-order valence-electron chi connectivity index (χ0n) is 16.2. The molecule has 0 aliphatic rings. The van der Waals surface area contributed by atoms with E-state index in [1.165, 1.54) is 0 Å². The lowest BCUT2D eigenvalue weighted by molar-refractivity contribution is 0.186. The lowest BCUT2D eigenvalue weighted by atomic mass is 10.1. The molecule has 0 spiro atoms. The number of aliphatic hydroxyl groups excluding tert-OH is 1. The van der Waals surface area contributed by atoms with Crippen molar-refractivity contribution in [1.82, 2.24) is 19.7 Å². The number of nitrogens with two attached hydrogens (primary N) is 1. The number of hydrogen-bond donors (Lipinski definition) is 2. The Morgan fingerprint density at radius 3 is 2.63 bits per heavy atom. The lowest BCUT2D eigenvalue weighted by Crippen LogP contribution is -2.11. The summed E-state index contributed by atoms with van der Waals surface area (Å²) in [6, 6.07) is 16.4. The van der Waals surface area contributed by atoms with Crippen LogP contribution in [-0.4, -0.2) is 31.4 Å². The largest absolute Gasteiger partial charge is 0.439 e. The number of pyridine rings is 2. The lowest BCUT2D eigenvalue weighted by Gasteiger charge is -2.12. The number of nitrogens with zero attached hydrogens (tertiary/aromatic N) is 4. The van der Waals surface area contributed by atoms with Gasteiger partial charge in [-0.2, -0.15) is 5.10 Å². The van der Waals surface area contributed by atoms with Crippen LogP contribution >= 0.6 is 11.6 Å². The summed E-state index contributed by atoms with van der Waals surface area (Å²) in [5.74, 6) is 1.08. The summed E-state index contributed by atoms with van der Waals surface area (Å²) in [5.41, 5.74) is 9.07. The van der Waals surface area contributed by atoms with E-state index in [0.29, 0.717) is 33.6 Å². The highest BCUT2D eigenvalue weighted by Gasteiger charge is 2.15. The molecule has 3 aromatic heterocycles. The first-order valence-corrected chi connectivity index (χ1v) is 9.70. The highest BCUT2D eigenvalue weighted by molar-refractivity contribution is 6.30. The summed E-state index contributed by atoms with van der Waals surface area (Å²) < 4.78 is 7.80. The van der Waals surface area contributed by atoms with Crippen molar-refractivity contribution in [2.45, 2.75) is 6.10 Å². The molecule has 1 aromatic carbocycles. The van der Waals surface area contributed by atoms with Crippen LogP contribution in [0, 0.1) is 0 Å². The number of benzene rings is 1. The molecule has 0 amide bonds. The minimum absolute atomic E-state index is 0.134. The van der Waals surface area contributed by atoms with Gasteiger partial charge in [0.25, 0.3) is 0 Å². The second-order valence-electron chi connectivity index (χ2n) is 6.68. The average Bonchev–Trinajstić information content (AvgIpc) is 3.14. The molecule has 1 atom stereocenters. The first kappa shape index (κ1) is 20.0. The SMILES string of the molecule is Cn1nc(-c2ccccn2)cc1Oc1cc(Cl)ccc1-c1ccc([C@H](O)CN)cn1. The number of hydrogen-bond acceptors (Lipinski definition) is 6. The third-order valence-corrected chi connectivity index (χ3v) is 4.83. The Bertz CT molecular complexity index is 1150. The van der Waals surface area contributed by atoms with Gasteiger partial charge in [0.15, 0.2) is 0 Å². The molecule has 3 heterocycles. The van der Waals surface area contributed by atoms with Crippen LogP contribution in [0.1, 0.15) is 11.7 Å². The minimum Gasteiger partial charge on any atom is -0.439 e. The van der Waals surface area contributed by atoms with Crippen LogP contribution < -0.4 is 10.5 Å². The Balaban J connectivity index is 1.67. The van der Waals surface area contributed by atoms with E-state index < -0.39 is 6.10 Å². The average molecular weight is 422 g/mol. The van der Waals surface area contributed by atoms with Gasteiger partial charge in [-0.25, -0.2) is 4.68 Å². The third kappa shape index (κ3) is 4.18. The topological polar surface area (TPSA) is 99.1 Å². The van der Waals surface area contributed by atoms with Gasteiger partial charge in [0.05, 0.1) is 17.5 Å². The first-order chi connectivity index (χ1) is 14.5. The Hall–Kier alpha value is -3.26. The summed E-state index contributed by atoms with van der Waals surface area (Å²) in [7, 11) is 1.80. The number of aromatic nitrogens is 4. The summed E-state index contributed by atoms with van der Waals surface area (Å²) in [4.78, 5) is 8.78. The van der Waals surface area contributed by atoms with Crippen LogP contribution in [-0.2, 0) is 7.05 Å². The van der Waals surface area contributed by atoms with E-state index in [2.05, 4.69) is 15.1 Å². The Morgan fingerprint density at radius 2 is 1.93 bits per heavy atom. The fourth-order valence-corrected chi connectivity index (χ4v) is 3.15. The van der Waals surface area contributed by atoms with Gasteiger partial charge >= 0.3 is 0 Å². The maximum absolute atomic E-state index is 9.88. The molecule has 4 rings (SSSR count). The monoisotopic (exact) mass is 421 g/mol. The number of aliphatic hydroxyl groups is 1. The van der Waals surface area contributed by atoms with Crippen LogP contribution in [0.2, 0.25) is 5.02 Å². The van der Waals surface area contributed by atoms with E-state index in [9.17, 15) is 5.11 Å². The van der Waals surface area contributed by atoms with Crippen molar-refractivity contribution >= 4 is 11.6 Å². The van der Waals surface area contributed by atoms with Crippen LogP contribution in [0.15, 0.2) is 67.0 Å². The summed E-state index contributed by atoms with van der Waals surface area (Å²) in [6.07, 6.45) is 2.58. The fourth-order valence-electron chi connectivity index (χ4n) is 2.99. The van der Waals surface area contributed by atoms with Crippen molar-refractivity contribution in [2.24, 2.45) is 12.8 Å². The van der Waals surface area contributed by atoms with Crippen LogP contribution in [0.4, 0.5) is 0 Å². The maximum Gasteiger partial charge on any atom is 0.218 e. The van der Waals surface area contributed by atoms with Crippen LogP contribution in [0.5, 0.6) is 11.6 Å². The van der Waals surface area contributed by atoms with Crippen LogP contribution in [0.25, 0.3) is 22.6 Å². The van der Waals surface area contributed by atoms with E-state index in [0.717, 1.165) is 11.3 Å². The highest BCUT2D eigenvalue weighted by atomic mass is 35.5. The molecule has 4 aromatic rings. The Labute approximate surface area is 178 Å². The van der Waals surface area contributed by atoms with Gasteiger partial charge in [0, 0.05) is 54.3 Å². The van der Waals surface area contributed by atoms with Crippen molar-refractivity contribution in [1.29, 1.82) is 0 Å². The van der Waals surface area contributed by atoms with Crippen molar-refractivity contribution in [3.05, 3.63) is 77.6 Å². The molecule has 7 nitrogen and oxygen atoms in total. The smallest absolute Gasteiger partial charge is 0.218 e. The number of ether oxygens (including phenoxy) is 1. The molecule has 8 heteroatoms. The molecule has 0 aliphatic carbocycles. The van der Waals surface area contributed by atoms with Crippen molar-refractivity contribution in [2.75, 3.05) is 6.54 Å². The molecule has 0 saturated heterocycles. The maximum atomic E-state index is 9.88. The third-order valence-electron chi connectivity index (χ3n) is 4.59. The molecule has 0 bridgehead atoms. The van der Waals surface area contributed by atoms with Gasteiger partial charge in [0.2, 0.25) is 5.88 Å². The number of aryl methyl sites for hydroxylation is 1. The van der Waals surface area contributed by atoms with E-state index in [-0.39, 0.29) is 6.54 Å². The molecule has 30 heavy (non-hydrogen) atoms. The second kappa shape index (κ2) is 8.62. The van der Waals surface area contributed by atoms with Crippen molar-refractivity contribution < 1.29 is 9.84 Å². The Kier molecular flexibility index (Phi) is 5.76. The summed E-state index contributed by atoms with van der Waals surface area (Å²) in [5, 5.41) is 14.9. The van der Waals surface area contributed by atoms with Gasteiger partial charge in [0.1, 0.15) is 11.4 Å². The molecule has 0 aliphatic heterocycles.